The highest BCUT2D eigenvalue weighted by molar-refractivity contribution is 5.94. The molecule has 0 bridgehead atoms. The standard InChI is InChI=1S/C12H18N4O/c1-8(15-2)12(17)16-7-9-3-5-10(6-4-9)11(13)14/h3-6,8,15H,7H2,1-2H3,(H3,13,14)(H,16,17). The number of nitrogen functional groups attached to an aromatic ring is 1. The molecular formula is C12H18N4O. The largest absolute Gasteiger partial charge is 0.384 e. The molecule has 0 aliphatic heterocycles. The first-order chi connectivity index (χ1) is 8.04. The quantitative estimate of drug-likeness (QED) is 0.433. The summed E-state index contributed by atoms with van der Waals surface area (Å²) >= 11 is 0. The van der Waals surface area contributed by atoms with E-state index >= 15 is 0 Å². The van der Waals surface area contributed by atoms with Crippen LogP contribution >= 0.6 is 0 Å². The first-order valence-corrected chi connectivity index (χ1v) is 5.43. The zero-order valence-electron chi connectivity index (χ0n) is 10.1. The molecule has 0 aliphatic carbocycles. The molecule has 0 radical (unpaired) electrons. The van der Waals surface area contributed by atoms with Crippen LogP contribution in [-0.4, -0.2) is 24.8 Å². The molecule has 0 spiro atoms. The number of nitrogens with two attached hydrogens (primary N) is 1. The Bertz CT molecular complexity index is 399. The fraction of sp³-hybridized carbons (Fsp3) is 0.333. The lowest BCUT2D eigenvalue weighted by Gasteiger charge is -2.11. The Morgan fingerprint density at radius 1 is 1.41 bits per heavy atom. The molecule has 0 heterocycles. The molecule has 1 aromatic rings. The molecule has 1 atom stereocenters. The molecule has 5 heteroatoms. The molecule has 0 aliphatic rings. The molecule has 0 aromatic heterocycles. The van der Waals surface area contributed by atoms with Crippen molar-refractivity contribution >= 4 is 11.7 Å². The third-order valence-corrected chi connectivity index (χ3v) is 2.56. The lowest BCUT2D eigenvalue weighted by atomic mass is 10.1. The zero-order chi connectivity index (χ0) is 12.8. The topological polar surface area (TPSA) is 91.0 Å². The summed E-state index contributed by atoms with van der Waals surface area (Å²) in [5.74, 6) is 0.00698. The highest BCUT2D eigenvalue weighted by atomic mass is 16.2. The van der Waals surface area contributed by atoms with Crippen LogP contribution in [0.15, 0.2) is 24.3 Å². The van der Waals surface area contributed by atoms with Crippen LogP contribution in [0, 0.1) is 5.41 Å². The Morgan fingerprint density at radius 3 is 2.47 bits per heavy atom. The molecule has 92 valence electrons. The van der Waals surface area contributed by atoms with E-state index in [0.29, 0.717) is 12.1 Å². The molecule has 1 aromatic carbocycles. The van der Waals surface area contributed by atoms with Crippen molar-refractivity contribution in [1.82, 2.24) is 10.6 Å². The smallest absolute Gasteiger partial charge is 0.237 e. The van der Waals surface area contributed by atoms with E-state index in [1.165, 1.54) is 0 Å². The van der Waals surface area contributed by atoms with Crippen molar-refractivity contribution in [3.8, 4) is 0 Å². The van der Waals surface area contributed by atoms with Crippen molar-refractivity contribution in [2.75, 3.05) is 7.05 Å². The first-order valence-electron chi connectivity index (χ1n) is 5.43. The molecule has 0 saturated heterocycles. The van der Waals surface area contributed by atoms with Gasteiger partial charge in [-0.1, -0.05) is 24.3 Å². The van der Waals surface area contributed by atoms with Gasteiger partial charge in [0, 0.05) is 12.1 Å². The second-order valence-electron chi connectivity index (χ2n) is 3.84. The van der Waals surface area contributed by atoms with E-state index in [2.05, 4.69) is 10.6 Å². The maximum absolute atomic E-state index is 11.5. The molecule has 17 heavy (non-hydrogen) atoms. The first kappa shape index (κ1) is 13.2. The molecule has 5 N–H and O–H groups in total. The van der Waals surface area contributed by atoms with Crippen molar-refractivity contribution in [3.05, 3.63) is 35.4 Å². The Hall–Kier alpha value is -1.88. The molecule has 0 saturated carbocycles. The Kier molecular flexibility index (Phi) is 4.66. The summed E-state index contributed by atoms with van der Waals surface area (Å²) in [5.41, 5.74) is 7.01. The van der Waals surface area contributed by atoms with Gasteiger partial charge in [0.2, 0.25) is 5.91 Å². The van der Waals surface area contributed by atoms with Crippen molar-refractivity contribution in [2.45, 2.75) is 19.5 Å². The minimum Gasteiger partial charge on any atom is -0.384 e. The summed E-state index contributed by atoms with van der Waals surface area (Å²) in [7, 11) is 1.74. The van der Waals surface area contributed by atoms with Crippen LogP contribution in [0.25, 0.3) is 0 Å². The molecule has 1 amide bonds. The van der Waals surface area contributed by atoms with Crippen LogP contribution in [0.2, 0.25) is 0 Å². The lowest BCUT2D eigenvalue weighted by molar-refractivity contribution is -0.122. The number of likely N-dealkylation sites (N-methyl/N-ethyl adjacent to an activating group) is 1. The van der Waals surface area contributed by atoms with Crippen molar-refractivity contribution in [2.24, 2.45) is 5.73 Å². The van der Waals surface area contributed by atoms with E-state index in [1.54, 1.807) is 26.1 Å². The van der Waals surface area contributed by atoms with Gasteiger partial charge < -0.3 is 16.4 Å². The summed E-state index contributed by atoms with van der Waals surface area (Å²) in [6.45, 7) is 2.28. The fourth-order valence-corrected chi connectivity index (χ4v) is 1.28. The average Bonchev–Trinajstić information content (AvgIpc) is 2.35. The number of carbonyl (C=O) groups is 1. The number of carbonyl (C=O) groups excluding carboxylic acids is 1. The summed E-state index contributed by atoms with van der Waals surface area (Å²) < 4.78 is 0. The Morgan fingerprint density at radius 2 is 2.00 bits per heavy atom. The van der Waals surface area contributed by atoms with Crippen LogP contribution in [0.5, 0.6) is 0 Å². The third-order valence-electron chi connectivity index (χ3n) is 2.56. The summed E-state index contributed by atoms with van der Waals surface area (Å²) in [6, 6.07) is 7.03. The predicted molar refractivity (Wildman–Crippen MR) is 67.8 cm³/mol. The van der Waals surface area contributed by atoms with Gasteiger partial charge in [-0.05, 0) is 19.5 Å². The van der Waals surface area contributed by atoms with Gasteiger partial charge in [-0.2, -0.15) is 0 Å². The van der Waals surface area contributed by atoms with Crippen molar-refractivity contribution in [1.29, 1.82) is 5.41 Å². The number of hydrogen-bond donors (Lipinski definition) is 4. The maximum Gasteiger partial charge on any atom is 0.237 e. The van der Waals surface area contributed by atoms with Crippen molar-refractivity contribution in [3.63, 3.8) is 0 Å². The number of amidine groups is 1. The summed E-state index contributed by atoms with van der Waals surface area (Å²) in [4.78, 5) is 11.5. The van der Waals surface area contributed by atoms with Crippen LogP contribution in [0.1, 0.15) is 18.1 Å². The van der Waals surface area contributed by atoms with Crippen LogP contribution in [-0.2, 0) is 11.3 Å². The number of rotatable bonds is 5. The van der Waals surface area contributed by atoms with E-state index in [-0.39, 0.29) is 17.8 Å². The van der Waals surface area contributed by atoms with Crippen LogP contribution in [0.4, 0.5) is 0 Å². The Labute approximate surface area is 101 Å². The highest BCUT2D eigenvalue weighted by Crippen LogP contribution is 2.03. The van der Waals surface area contributed by atoms with Crippen molar-refractivity contribution < 1.29 is 4.79 Å². The third kappa shape index (κ3) is 3.88. The van der Waals surface area contributed by atoms with E-state index in [4.69, 9.17) is 11.1 Å². The van der Waals surface area contributed by atoms with E-state index in [9.17, 15) is 4.79 Å². The minimum absolute atomic E-state index is 0.0388. The number of amides is 1. The minimum atomic E-state index is -0.202. The maximum atomic E-state index is 11.5. The van der Waals surface area contributed by atoms with Gasteiger partial charge >= 0.3 is 0 Å². The number of nitrogens with one attached hydrogen (secondary N) is 3. The van der Waals surface area contributed by atoms with Gasteiger partial charge in [-0.15, -0.1) is 0 Å². The van der Waals surface area contributed by atoms with Gasteiger partial charge in [0.1, 0.15) is 5.84 Å². The Balaban J connectivity index is 2.53. The van der Waals surface area contributed by atoms with E-state index < -0.39 is 0 Å². The average molecular weight is 234 g/mol. The summed E-state index contributed by atoms with van der Waals surface area (Å²) in [6.07, 6.45) is 0. The van der Waals surface area contributed by atoms with Gasteiger partial charge in [0.05, 0.1) is 6.04 Å². The van der Waals surface area contributed by atoms with Gasteiger partial charge in [-0.25, -0.2) is 0 Å². The SMILES string of the molecule is CNC(C)C(=O)NCc1ccc(C(=N)N)cc1. The monoisotopic (exact) mass is 234 g/mol. The fourth-order valence-electron chi connectivity index (χ4n) is 1.28. The van der Waals surface area contributed by atoms with Crippen LogP contribution < -0.4 is 16.4 Å². The molecule has 0 fully saturated rings. The van der Waals surface area contributed by atoms with Crippen LogP contribution in [0.3, 0.4) is 0 Å². The van der Waals surface area contributed by atoms with Gasteiger partial charge in [0.25, 0.3) is 0 Å². The van der Waals surface area contributed by atoms with E-state index in [1.807, 2.05) is 12.1 Å². The lowest BCUT2D eigenvalue weighted by Crippen LogP contribution is -2.39. The molecule has 1 unspecified atom stereocenters. The van der Waals surface area contributed by atoms with Gasteiger partial charge in [-0.3, -0.25) is 10.2 Å². The predicted octanol–water partition coefficient (Wildman–Crippen LogP) is 0.195. The van der Waals surface area contributed by atoms with Gasteiger partial charge in [0.15, 0.2) is 0 Å². The normalized spacial score (nSPS) is 11.9. The highest BCUT2D eigenvalue weighted by Gasteiger charge is 2.08. The number of benzene rings is 1. The molecule has 1 rings (SSSR count). The number of hydrogen-bond acceptors (Lipinski definition) is 3. The zero-order valence-corrected chi connectivity index (χ0v) is 10.1. The second-order valence-corrected chi connectivity index (χ2v) is 3.84. The van der Waals surface area contributed by atoms with E-state index in [0.717, 1.165) is 5.56 Å². The second kappa shape index (κ2) is 6.00. The molecule has 5 nitrogen and oxygen atoms in total. The summed E-state index contributed by atoms with van der Waals surface area (Å²) in [5, 5.41) is 12.9. The molecular weight excluding hydrogens is 216 g/mol.